The van der Waals surface area contributed by atoms with Crippen molar-refractivity contribution in [1.29, 1.82) is 0 Å². The molecule has 0 spiro atoms. The molecule has 0 radical (unpaired) electrons. The molecule has 0 amide bonds. The summed E-state index contributed by atoms with van der Waals surface area (Å²) in [7, 11) is 0. The van der Waals surface area contributed by atoms with Gasteiger partial charge in [-0.1, -0.05) is 127 Å². The second-order valence-electron chi connectivity index (χ2n) is 10.5. The minimum atomic E-state index is 0.654. The van der Waals surface area contributed by atoms with Crippen LogP contribution in [-0.2, 0) is 0 Å². The highest BCUT2D eigenvalue weighted by Gasteiger charge is 2.17. The van der Waals surface area contributed by atoms with E-state index in [-0.39, 0.29) is 0 Å². The van der Waals surface area contributed by atoms with Crippen LogP contribution in [0.1, 0.15) is 0 Å². The van der Waals surface area contributed by atoms with E-state index in [0.29, 0.717) is 17.5 Å². The molecule has 0 atom stereocenters. The molecule has 2 heterocycles. The Bertz CT molecular complexity index is 2140. The number of benzene rings is 6. The quantitative estimate of drug-likeness (QED) is 0.208. The lowest BCUT2D eigenvalue weighted by Gasteiger charge is -2.11. The van der Waals surface area contributed by atoms with Crippen molar-refractivity contribution in [1.82, 2.24) is 15.0 Å². The van der Waals surface area contributed by atoms with E-state index in [9.17, 15) is 0 Å². The van der Waals surface area contributed by atoms with Crippen LogP contribution in [-0.4, -0.2) is 15.0 Å². The van der Waals surface area contributed by atoms with Gasteiger partial charge in [0.05, 0.1) is 0 Å². The molecule has 0 aliphatic rings. The van der Waals surface area contributed by atoms with Gasteiger partial charge in [0.1, 0.15) is 0 Å². The summed E-state index contributed by atoms with van der Waals surface area (Å²) in [6.07, 6.45) is 0. The first-order chi connectivity index (χ1) is 21.3. The van der Waals surface area contributed by atoms with Crippen LogP contribution in [0.4, 0.5) is 0 Å². The maximum absolute atomic E-state index is 5.12. The lowest BCUT2D eigenvalue weighted by Crippen LogP contribution is -2.00. The summed E-state index contributed by atoms with van der Waals surface area (Å²) in [5.74, 6) is 1.98. The number of hydrogen-bond acceptors (Lipinski definition) is 4. The van der Waals surface area contributed by atoms with Gasteiger partial charge < -0.3 is 0 Å². The Labute approximate surface area is 253 Å². The Morgan fingerprint density at radius 3 is 1.44 bits per heavy atom. The Morgan fingerprint density at radius 1 is 0.349 bits per heavy atom. The molecule has 0 bridgehead atoms. The number of aromatic nitrogens is 3. The fourth-order valence-corrected chi connectivity index (χ4v) is 6.83. The fraction of sp³-hybridized carbons (Fsp3) is 0. The molecular weight excluding hydrogens is 543 g/mol. The lowest BCUT2D eigenvalue weighted by molar-refractivity contribution is 1.08. The minimum Gasteiger partial charge on any atom is -0.208 e. The molecule has 2 aromatic heterocycles. The Morgan fingerprint density at radius 2 is 0.814 bits per heavy atom. The Hall–Kier alpha value is -5.45. The largest absolute Gasteiger partial charge is 0.208 e. The molecule has 0 aliphatic carbocycles. The van der Waals surface area contributed by atoms with Gasteiger partial charge in [0.15, 0.2) is 17.5 Å². The number of hydrogen-bond donors (Lipinski definition) is 0. The number of thiophene rings is 1. The van der Waals surface area contributed by atoms with Crippen molar-refractivity contribution in [2.24, 2.45) is 0 Å². The number of nitrogens with zero attached hydrogens (tertiary/aromatic N) is 3. The highest BCUT2D eigenvalue weighted by Crippen LogP contribution is 2.39. The maximum Gasteiger partial charge on any atom is 0.165 e. The van der Waals surface area contributed by atoms with E-state index in [2.05, 4.69) is 140 Å². The van der Waals surface area contributed by atoms with Crippen molar-refractivity contribution in [3.63, 3.8) is 0 Å². The first-order valence-corrected chi connectivity index (χ1v) is 15.1. The molecule has 202 valence electrons. The van der Waals surface area contributed by atoms with Gasteiger partial charge >= 0.3 is 0 Å². The average molecular weight is 568 g/mol. The molecule has 0 saturated carbocycles. The molecule has 0 aliphatic heterocycles. The number of rotatable bonds is 5. The Kier molecular flexibility index (Phi) is 6.32. The second kappa shape index (κ2) is 10.8. The van der Waals surface area contributed by atoms with Gasteiger partial charge in [-0.05, 0) is 46.5 Å². The van der Waals surface area contributed by atoms with Gasteiger partial charge in [-0.2, -0.15) is 0 Å². The molecule has 8 rings (SSSR count). The summed E-state index contributed by atoms with van der Waals surface area (Å²) in [6.45, 7) is 0. The molecule has 0 N–H and O–H groups in total. The predicted molar refractivity (Wildman–Crippen MR) is 180 cm³/mol. The normalized spacial score (nSPS) is 11.3. The summed E-state index contributed by atoms with van der Waals surface area (Å²) < 4.78 is 2.44. The molecule has 0 unspecified atom stereocenters. The van der Waals surface area contributed by atoms with Crippen molar-refractivity contribution in [2.45, 2.75) is 0 Å². The SMILES string of the molecule is c1ccc(-c2cccc(-c3nc(-c4cccc(-c5ccccc5)c4)nc(-c4cccc5c4sc4ccccc45)n3)c2)cc1. The van der Waals surface area contributed by atoms with E-state index in [1.165, 1.54) is 20.2 Å². The zero-order chi connectivity index (χ0) is 28.6. The Balaban J connectivity index is 1.34. The van der Waals surface area contributed by atoms with Crippen molar-refractivity contribution in [3.8, 4) is 56.4 Å². The van der Waals surface area contributed by atoms with Gasteiger partial charge in [-0.3, -0.25) is 0 Å². The first kappa shape index (κ1) is 25.3. The van der Waals surface area contributed by atoms with E-state index in [4.69, 9.17) is 15.0 Å². The average Bonchev–Trinajstić information content (AvgIpc) is 3.48. The van der Waals surface area contributed by atoms with E-state index in [0.717, 1.165) is 38.9 Å². The van der Waals surface area contributed by atoms with Crippen LogP contribution in [0.25, 0.3) is 76.6 Å². The first-order valence-electron chi connectivity index (χ1n) is 14.3. The van der Waals surface area contributed by atoms with Crippen molar-refractivity contribution in [3.05, 3.63) is 152 Å². The van der Waals surface area contributed by atoms with Crippen molar-refractivity contribution < 1.29 is 0 Å². The summed E-state index contributed by atoms with van der Waals surface area (Å²) in [5.41, 5.74) is 7.48. The van der Waals surface area contributed by atoms with Gasteiger partial charge in [-0.15, -0.1) is 11.3 Å². The van der Waals surface area contributed by atoms with Gasteiger partial charge in [0, 0.05) is 36.9 Å². The molecular formula is C39H25N3S. The molecule has 4 heteroatoms. The van der Waals surface area contributed by atoms with E-state index < -0.39 is 0 Å². The molecule has 8 aromatic rings. The summed E-state index contributed by atoms with van der Waals surface area (Å²) in [4.78, 5) is 15.3. The van der Waals surface area contributed by atoms with Crippen LogP contribution in [0, 0.1) is 0 Å². The predicted octanol–water partition coefficient (Wildman–Crippen LogP) is 10.6. The molecule has 43 heavy (non-hydrogen) atoms. The van der Waals surface area contributed by atoms with Crippen LogP contribution in [0.2, 0.25) is 0 Å². The van der Waals surface area contributed by atoms with Gasteiger partial charge in [0.2, 0.25) is 0 Å². The zero-order valence-electron chi connectivity index (χ0n) is 23.2. The lowest BCUT2D eigenvalue weighted by atomic mass is 10.0. The highest BCUT2D eigenvalue weighted by atomic mass is 32.1. The monoisotopic (exact) mass is 567 g/mol. The van der Waals surface area contributed by atoms with Crippen LogP contribution in [0.15, 0.2) is 152 Å². The topological polar surface area (TPSA) is 38.7 Å². The van der Waals surface area contributed by atoms with Crippen molar-refractivity contribution >= 4 is 31.5 Å². The van der Waals surface area contributed by atoms with E-state index >= 15 is 0 Å². The highest BCUT2D eigenvalue weighted by molar-refractivity contribution is 7.26. The van der Waals surface area contributed by atoms with Gasteiger partial charge in [0.25, 0.3) is 0 Å². The molecule has 0 fully saturated rings. The minimum absolute atomic E-state index is 0.654. The van der Waals surface area contributed by atoms with Crippen LogP contribution in [0.3, 0.4) is 0 Å². The van der Waals surface area contributed by atoms with Gasteiger partial charge in [-0.25, -0.2) is 15.0 Å². The smallest absolute Gasteiger partial charge is 0.165 e. The number of fused-ring (bicyclic) bond motifs is 3. The van der Waals surface area contributed by atoms with Crippen molar-refractivity contribution in [2.75, 3.05) is 0 Å². The summed E-state index contributed by atoms with van der Waals surface area (Å²) >= 11 is 1.79. The summed E-state index contributed by atoms with van der Waals surface area (Å²) in [5, 5.41) is 2.48. The second-order valence-corrected chi connectivity index (χ2v) is 11.5. The van der Waals surface area contributed by atoms with E-state index in [1.54, 1.807) is 11.3 Å². The third kappa shape index (κ3) is 4.78. The zero-order valence-corrected chi connectivity index (χ0v) is 24.0. The molecule has 6 aromatic carbocycles. The molecule has 3 nitrogen and oxygen atoms in total. The maximum atomic E-state index is 5.12. The standard InChI is InChI=1S/C39H25N3S/c1-3-12-26(13-4-1)28-16-9-18-30(24-28)37-40-38(31-19-10-17-29(25-31)27-14-5-2-6-15-27)42-39(41-37)34-22-11-21-33-32-20-7-8-23-35(32)43-36(33)34/h1-25H. The third-order valence-corrected chi connectivity index (χ3v) is 8.96. The summed E-state index contributed by atoms with van der Waals surface area (Å²) in [6, 6.07) is 52.7. The van der Waals surface area contributed by atoms with Crippen LogP contribution in [0.5, 0.6) is 0 Å². The van der Waals surface area contributed by atoms with E-state index in [1.807, 2.05) is 12.1 Å². The van der Waals surface area contributed by atoms with Crippen LogP contribution < -0.4 is 0 Å². The fourth-order valence-electron chi connectivity index (χ4n) is 5.61. The van der Waals surface area contributed by atoms with Crippen LogP contribution >= 0.6 is 11.3 Å². The molecule has 0 saturated heterocycles. The third-order valence-electron chi connectivity index (χ3n) is 7.74.